The summed E-state index contributed by atoms with van der Waals surface area (Å²) in [4.78, 5) is 19.3. The lowest BCUT2D eigenvalue weighted by Crippen LogP contribution is -2.25. The van der Waals surface area contributed by atoms with Crippen molar-refractivity contribution in [3.63, 3.8) is 0 Å². The topological polar surface area (TPSA) is 102 Å². The smallest absolute Gasteiger partial charge is 0.254 e. The summed E-state index contributed by atoms with van der Waals surface area (Å²) in [6.45, 7) is 4.89. The lowest BCUT2D eigenvalue weighted by Gasteiger charge is -2.20. The van der Waals surface area contributed by atoms with E-state index in [0.29, 0.717) is 19.0 Å². The Morgan fingerprint density at radius 3 is 2.60 bits per heavy atom. The van der Waals surface area contributed by atoms with E-state index in [9.17, 15) is 4.79 Å². The molecule has 4 aromatic rings. The van der Waals surface area contributed by atoms with Crippen LogP contribution in [0.1, 0.15) is 42.4 Å². The van der Waals surface area contributed by atoms with Gasteiger partial charge in [0.05, 0.1) is 12.2 Å². The minimum Gasteiger partial charge on any atom is -0.489 e. The van der Waals surface area contributed by atoms with Crippen LogP contribution in [0, 0.1) is 6.92 Å². The summed E-state index contributed by atoms with van der Waals surface area (Å²) in [5.41, 5.74) is 4.66. The first-order chi connectivity index (χ1) is 17.0. The number of benzene rings is 2. The van der Waals surface area contributed by atoms with Crippen molar-refractivity contribution in [2.75, 3.05) is 19.0 Å². The van der Waals surface area contributed by atoms with Crippen molar-refractivity contribution in [2.45, 2.75) is 46.3 Å². The summed E-state index contributed by atoms with van der Waals surface area (Å²) < 4.78 is 7.87. The molecule has 2 aromatic heterocycles. The fraction of sp³-hybridized carbons (Fsp3) is 0.346. The number of tetrazole rings is 1. The predicted molar refractivity (Wildman–Crippen MR) is 136 cm³/mol. The van der Waals surface area contributed by atoms with Gasteiger partial charge in [0.25, 0.3) is 5.56 Å². The summed E-state index contributed by atoms with van der Waals surface area (Å²) in [6.07, 6.45) is 2.86. The van der Waals surface area contributed by atoms with Gasteiger partial charge < -0.3 is 9.64 Å². The van der Waals surface area contributed by atoms with Crippen LogP contribution in [0.2, 0.25) is 0 Å². The Hall–Kier alpha value is -4.01. The van der Waals surface area contributed by atoms with Gasteiger partial charge in [-0.3, -0.25) is 9.36 Å². The van der Waals surface area contributed by atoms with Crippen molar-refractivity contribution >= 4 is 5.69 Å². The van der Waals surface area contributed by atoms with Gasteiger partial charge in [0.15, 0.2) is 0 Å². The van der Waals surface area contributed by atoms with Crippen LogP contribution >= 0.6 is 0 Å². The van der Waals surface area contributed by atoms with E-state index in [-0.39, 0.29) is 5.56 Å². The number of H-pyrrole nitrogens is 1. The Labute approximate surface area is 204 Å². The van der Waals surface area contributed by atoms with Crippen LogP contribution in [-0.2, 0) is 19.6 Å². The lowest BCUT2D eigenvalue weighted by molar-refractivity contribution is 0.306. The third-order valence-corrected chi connectivity index (χ3v) is 5.78. The van der Waals surface area contributed by atoms with E-state index in [1.807, 2.05) is 68.4 Å². The molecule has 0 aliphatic heterocycles. The molecule has 35 heavy (non-hydrogen) atoms. The summed E-state index contributed by atoms with van der Waals surface area (Å²) in [7, 11) is 3.96. The van der Waals surface area contributed by atoms with Gasteiger partial charge >= 0.3 is 0 Å². The first-order valence-corrected chi connectivity index (χ1v) is 11.8. The molecule has 0 unspecified atom stereocenters. The van der Waals surface area contributed by atoms with Crippen molar-refractivity contribution in [3.05, 3.63) is 81.5 Å². The van der Waals surface area contributed by atoms with Crippen LogP contribution in [-0.4, -0.2) is 44.3 Å². The maximum absolute atomic E-state index is 12.6. The first kappa shape index (κ1) is 24.1. The molecule has 0 amide bonds. The van der Waals surface area contributed by atoms with Gasteiger partial charge in [-0.2, -0.15) is 5.21 Å². The molecular weight excluding hydrogens is 442 g/mol. The lowest BCUT2D eigenvalue weighted by atomic mass is 10.1. The third kappa shape index (κ3) is 5.74. The van der Waals surface area contributed by atoms with Crippen LogP contribution in [0.3, 0.4) is 0 Å². The SMILES string of the molecule is CCCCc1nc(C)cc(=O)n1Cc1ccc(OCc2cccc(-c3nn[nH]n3)c2N(C)C)cc1. The normalized spacial score (nSPS) is 11.0. The molecule has 0 saturated carbocycles. The van der Waals surface area contributed by atoms with Gasteiger partial charge in [0.1, 0.15) is 18.2 Å². The number of anilines is 1. The Morgan fingerprint density at radius 1 is 1.11 bits per heavy atom. The van der Waals surface area contributed by atoms with Crippen molar-refractivity contribution in [2.24, 2.45) is 0 Å². The van der Waals surface area contributed by atoms with Crippen molar-refractivity contribution in [3.8, 4) is 17.1 Å². The van der Waals surface area contributed by atoms with Gasteiger partial charge in [-0.25, -0.2) is 4.98 Å². The fourth-order valence-electron chi connectivity index (χ4n) is 4.10. The number of hydrogen-bond donors (Lipinski definition) is 1. The van der Waals surface area contributed by atoms with Crippen LogP contribution in [0.5, 0.6) is 5.75 Å². The standard InChI is InChI=1S/C26H31N7O2/c1-5-6-10-23-27-18(2)15-24(34)33(23)16-19-11-13-21(14-12-19)35-17-20-8-7-9-22(25(20)32(3)4)26-28-30-31-29-26/h7-9,11-15H,5-6,10,16-17H2,1-4H3,(H,28,29,30,31). The zero-order chi connectivity index (χ0) is 24.8. The molecule has 0 aliphatic carbocycles. The summed E-state index contributed by atoms with van der Waals surface area (Å²) in [6, 6.07) is 15.4. The third-order valence-electron chi connectivity index (χ3n) is 5.78. The minimum atomic E-state index is -0.0124. The van der Waals surface area contributed by atoms with Crippen LogP contribution in [0.15, 0.2) is 53.3 Å². The summed E-state index contributed by atoms with van der Waals surface area (Å²) >= 11 is 0. The molecule has 0 radical (unpaired) electrons. The number of aromatic amines is 1. The molecule has 1 N–H and O–H groups in total. The van der Waals surface area contributed by atoms with Crippen molar-refractivity contribution in [1.82, 2.24) is 30.2 Å². The molecule has 2 aromatic carbocycles. The largest absolute Gasteiger partial charge is 0.489 e. The molecule has 0 bridgehead atoms. The predicted octanol–water partition coefficient (Wildman–Crippen LogP) is 3.77. The molecule has 9 nitrogen and oxygen atoms in total. The fourth-order valence-corrected chi connectivity index (χ4v) is 4.10. The van der Waals surface area contributed by atoms with Crippen LogP contribution in [0.4, 0.5) is 5.69 Å². The highest BCUT2D eigenvalue weighted by Crippen LogP contribution is 2.31. The molecule has 0 fully saturated rings. The summed E-state index contributed by atoms with van der Waals surface area (Å²) in [5.74, 6) is 2.14. The van der Waals surface area contributed by atoms with E-state index in [4.69, 9.17) is 4.74 Å². The van der Waals surface area contributed by atoms with E-state index in [1.54, 1.807) is 10.6 Å². The zero-order valence-corrected chi connectivity index (χ0v) is 20.7. The van der Waals surface area contributed by atoms with E-state index < -0.39 is 0 Å². The van der Waals surface area contributed by atoms with Crippen molar-refractivity contribution in [1.29, 1.82) is 0 Å². The van der Waals surface area contributed by atoms with Gasteiger partial charge in [0.2, 0.25) is 5.82 Å². The number of unbranched alkanes of at least 4 members (excludes halogenated alkanes) is 1. The molecule has 0 saturated heterocycles. The average Bonchev–Trinajstić information content (AvgIpc) is 3.38. The second-order valence-corrected chi connectivity index (χ2v) is 8.72. The molecule has 0 atom stereocenters. The number of nitrogens with zero attached hydrogens (tertiary/aromatic N) is 6. The molecule has 0 aliphatic rings. The van der Waals surface area contributed by atoms with Gasteiger partial charge in [-0.15, -0.1) is 10.2 Å². The number of aryl methyl sites for hydroxylation is 2. The highest BCUT2D eigenvalue weighted by Gasteiger charge is 2.16. The van der Waals surface area contributed by atoms with Gasteiger partial charge in [0, 0.05) is 43.4 Å². The van der Waals surface area contributed by atoms with Gasteiger partial charge in [-0.05, 0) is 42.3 Å². The molecule has 4 rings (SSSR count). The van der Waals surface area contributed by atoms with Gasteiger partial charge in [-0.1, -0.05) is 37.6 Å². The molecule has 182 valence electrons. The monoisotopic (exact) mass is 473 g/mol. The highest BCUT2D eigenvalue weighted by atomic mass is 16.5. The second kappa shape index (κ2) is 10.9. The number of nitrogens with one attached hydrogen (secondary N) is 1. The summed E-state index contributed by atoms with van der Waals surface area (Å²) in [5, 5.41) is 14.4. The number of ether oxygens (including phenoxy) is 1. The number of hydrogen-bond acceptors (Lipinski definition) is 7. The minimum absolute atomic E-state index is 0.0124. The Bertz CT molecular complexity index is 1310. The van der Waals surface area contributed by atoms with E-state index in [2.05, 4.69) is 32.5 Å². The molecule has 9 heteroatoms. The average molecular weight is 474 g/mol. The second-order valence-electron chi connectivity index (χ2n) is 8.72. The van der Waals surface area contributed by atoms with E-state index in [1.165, 1.54) is 0 Å². The molecule has 0 spiro atoms. The molecular formula is C26H31N7O2. The Kier molecular flexibility index (Phi) is 7.54. The van der Waals surface area contributed by atoms with Crippen LogP contribution in [0.25, 0.3) is 11.4 Å². The van der Waals surface area contributed by atoms with Crippen LogP contribution < -0.4 is 15.2 Å². The van der Waals surface area contributed by atoms with E-state index >= 15 is 0 Å². The highest BCUT2D eigenvalue weighted by molar-refractivity contribution is 5.76. The quantitative estimate of drug-likeness (QED) is 0.374. The van der Waals surface area contributed by atoms with Crippen molar-refractivity contribution < 1.29 is 4.74 Å². The zero-order valence-electron chi connectivity index (χ0n) is 20.7. The number of rotatable bonds is 10. The Balaban J connectivity index is 1.49. The maximum Gasteiger partial charge on any atom is 0.254 e. The van der Waals surface area contributed by atoms with E-state index in [0.717, 1.165) is 58.9 Å². The number of para-hydroxylation sites is 1. The molecule has 2 heterocycles. The first-order valence-electron chi connectivity index (χ1n) is 11.8. The Morgan fingerprint density at radius 2 is 1.91 bits per heavy atom. The maximum atomic E-state index is 12.6. The number of aromatic nitrogens is 6.